The molecule has 5 heteroatoms. The zero-order chi connectivity index (χ0) is 16.2. The van der Waals surface area contributed by atoms with Crippen molar-refractivity contribution in [2.75, 3.05) is 19.8 Å². The molecule has 2 aliphatic heterocycles. The molecule has 0 saturated carbocycles. The predicted molar refractivity (Wildman–Crippen MR) is 86.9 cm³/mol. The SMILES string of the molecule is CC[C@H](NC(=O)NC[C@H]1CCO[C@@H]1C(C)(C)C)[C@@H]1CCCO1. The summed E-state index contributed by atoms with van der Waals surface area (Å²) < 4.78 is 11.5. The zero-order valence-corrected chi connectivity index (χ0v) is 14.5. The van der Waals surface area contributed by atoms with Crippen molar-refractivity contribution in [3.05, 3.63) is 0 Å². The van der Waals surface area contributed by atoms with Gasteiger partial charge in [0.25, 0.3) is 0 Å². The normalized spacial score (nSPS) is 30.3. The largest absolute Gasteiger partial charge is 0.377 e. The molecule has 0 aromatic heterocycles. The first-order valence-corrected chi connectivity index (χ1v) is 8.69. The number of carbonyl (C=O) groups is 1. The van der Waals surface area contributed by atoms with E-state index in [0.717, 1.165) is 38.9 Å². The molecule has 0 spiro atoms. The fourth-order valence-corrected chi connectivity index (χ4v) is 3.62. The van der Waals surface area contributed by atoms with Gasteiger partial charge in [-0.05, 0) is 31.1 Å². The lowest BCUT2D eigenvalue weighted by atomic mass is 9.81. The van der Waals surface area contributed by atoms with Crippen molar-refractivity contribution in [2.24, 2.45) is 11.3 Å². The molecule has 2 aliphatic rings. The zero-order valence-electron chi connectivity index (χ0n) is 14.5. The van der Waals surface area contributed by atoms with Crippen molar-refractivity contribution in [2.45, 2.75) is 71.6 Å². The Hall–Kier alpha value is -0.810. The molecule has 4 atom stereocenters. The highest BCUT2D eigenvalue weighted by molar-refractivity contribution is 5.74. The van der Waals surface area contributed by atoms with E-state index in [4.69, 9.17) is 9.47 Å². The first-order chi connectivity index (χ1) is 10.4. The summed E-state index contributed by atoms with van der Waals surface area (Å²) in [6.45, 7) is 11.0. The molecule has 2 rings (SSSR count). The van der Waals surface area contributed by atoms with Gasteiger partial charge in [0, 0.05) is 25.7 Å². The Morgan fingerprint density at radius 3 is 2.59 bits per heavy atom. The molecule has 5 nitrogen and oxygen atoms in total. The van der Waals surface area contributed by atoms with Crippen molar-refractivity contribution in [3.63, 3.8) is 0 Å². The summed E-state index contributed by atoms with van der Waals surface area (Å²) in [4.78, 5) is 12.2. The second kappa shape index (κ2) is 7.64. The Labute approximate surface area is 134 Å². The Morgan fingerprint density at radius 2 is 2.00 bits per heavy atom. The van der Waals surface area contributed by atoms with Crippen LogP contribution in [0.25, 0.3) is 0 Å². The molecule has 0 aromatic rings. The molecule has 128 valence electrons. The highest BCUT2D eigenvalue weighted by Gasteiger charge is 2.37. The smallest absolute Gasteiger partial charge is 0.315 e. The third-order valence-electron chi connectivity index (χ3n) is 4.76. The van der Waals surface area contributed by atoms with Crippen molar-refractivity contribution in [1.29, 1.82) is 0 Å². The monoisotopic (exact) mass is 312 g/mol. The van der Waals surface area contributed by atoms with E-state index in [2.05, 4.69) is 38.3 Å². The summed E-state index contributed by atoms with van der Waals surface area (Å²) in [6, 6.07) is 0.0302. The number of hydrogen-bond acceptors (Lipinski definition) is 3. The maximum absolute atomic E-state index is 12.2. The van der Waals surface area contributed by atoms with Gasteiger partial charge in [0.05, 0.1) is 18.2 Å². The van der Waals surface area contributed by atoms with Gasteiger partial charge in [-0.2, -0.15) is 0 Å². The van der Waals surface area contributed by atoms with Crippen LogP contribution < -0.4 is 10.6 Å². The molecule has 22 heavy (non-hydrogen) atoms. The van der Waals surface area contributed by atoms with Gasteiger partial charge in [0.1, 0.15) is 0 Å². The van der Waals surface area contributed by atoms with Crippen LogP contribution in [0.15, 0.2) is 0 Å². The van der Waals surface area contributed by atoms with Crippen molar-refractivity contribution in [3.8, 4) is 0 Å². The number of carbonyl (C=O) groups excluding carboxylic acids is 1. The van der Waals surface area contributed by atoms with E-state index in [1.54, 1.807) is 0 Å². The number of rotatable bonds is 5. The van der Waals surface area contributed by atoms with Crippen LogP contribution in [0.5, 0.6) is 0 Å². The summed E-state index contributed by atoms with van der Waals surface area (Å²) in [7, 11) is 0. The Morgan fingerprint density at radius 1 is 1.23 bits per heavy atom. The molecule has 0 bridgehead atoms. The standard InChI is InChI=1S/C17H32N2O3/c1-5-13(14-7-6-9-21-14)19-16(20)18-11-12-8-10-22-15(12)17(2,3)4/h12-15H,5-11H2,1-4H3,(H2,18,19,20)/t12-,13+,14+,15+/m1/s1. The molecule has 2 fully saturated rings. The minimum Gasteiger partial charge on any atom is -0.377 e. The Kier molecular flexibility index (Phi) is 6.09. The lowest BCUT2D eigenvalue weighted by Gasteiger charge is -2.31. The summed E-state index contributed by atoms with van der Waals surface area (Å²) in [6.07, 6.45) is 4.44. The highest BCUT2D eigenvalue weighted by atomic mass is 16.5. The number of nitrogens with one attached hydrogen (secondary N) is 2. The van der Waals surface area contributed by atoms with Crippen molar-refractivity contribution >= 4 is 6.03 Å². The van der Waals surface area contributed by atoms with E-state index in [0.29, 0.717) is 12.5 Å². The van der Waals surface area contributed by atoms with E-state index in [1.807, 2.05) is 0 Å². The first kappa shape index (κ1) is 17.5. The molecule has 0 unspecified atom stereocenters. The fraction of sp³-hybridized carbons (Fsp3) is 0.941. The first-order valence-electron chi connectivity index (χ1n) is 8.69. The molecule has 2 amide bonds. The Balaban J connectivity index is 1.77. The van der Waals surface area contributed by atoms with Gasteiger partial charge in [-0.1, -0.05) is 27.7 Å². The third kappa shape index (κ3) is 4.59. The van der Waals surface area contributed by atoms with E-state index < -0.39 is 0 Å². The molecule has 0 radical (unpaired) electrons. The summed E-state index contributed by atoms with van der Waals surface area (Å²) in [5.74, 6) is 0.397. The van der Waals surface area contributed by atoms with Crippen LogP contribution in [-0.2, 0) is 9.47 Å². The van der Waals surface area contributed by atoms with Crippen molar-refractivity contribution < 1.29 is 14.3 Å². The maximum Gasteiger partial charge on any atom is 0.315 e. The molecule has 2 heterocycles. The average molecular weight is 312 g/mol. The molecule has 2 N–H and O–H groups in total. The van der Waals surface area contributed by atoms with Gasteiger partial charge in [-0.25, -0.2) is 4.79 Å². The second-order valence-corrected chi connectivity index (χ2v) is 7.63. The lowest BCUT2D eigenvalue weighted by molar-refractivity contribution is 0.00768. The van der Waals surface area contributed by atoms with E-state index in [-0.39, 0.29) is 29.7 Å². The fourth-order valence-electron chi connectivity index (χ4n) is 3.62. The lowest BCUT2D eigenvalue weighted by Crippen LogP contribution is -2.49. The molecule has 0 aromatic carbocycles. The van der Waals surface area contributed by atoms with Gasteiger partial charge < -0.3 is 20.1 Å². The highest BCUT2D eigenvalue weighted by Crippen LogP contribution is 2.34. The quantitative estimate of drug-likeness (QED) is 0.820. The third-order valence-corrected chi connectivity index (χ3v) is 4.76. The maximum atomic E-state index is 12.2. The summed E-state index contributed by atoms with van der Waals surface area (Å²) >= 11 is 0. The molecule has 0 aliphatic carbocycles. The average Bonchev–Trinajstić information content (AvgIpc) is 3.12. The number of ether oxygens (including phenoxy) is 2. The molecular weight excluding hydrogens is 280 g/mol. The number of hydrogen-bond donors (Lipinski definition) is 2. The van der Waals surface area contributed by atoms with Gasteiger partial charge in [-0.3, -0.25) is 0 Å². The van der Waals surface area contributed by atoms with Crippen LogP contribution in [0.4, 0.5) is 4.79 Å². The number of urea groups is 1. The minimum absolute atomic E-state index is 0.0816. The van der Waals surface area contributed by atoms with E-state index in [1.165, 1.54) is 0 Å². The Bertz CT molecular complexity index is 361. The topological polar surface area (TPSA) is 59.6 Å². The number of amides is 2. The van der Waals surface area contributed by atoms with Crippen LogP contribution in [0.3, 0.4) is 0 Å². The summed E-state index contributed by atoms with van der Waals surface area (Å²) in [5, 5.41) is 6.10. The van der Waals surface area contributed by atoms with Gasteiger partial charge in [0.15, 0.2) is 0 Å². The predicted octanol–water partition coefficient (Wildman–Crippen LogP) is 2.69. The van der Waals surface area contributed by atoms with Gasteiger partial charge in [0.2, 0.25) is 0 Å². The molecular formula is C17H32N2O3. The second-order valence-electron chi connectivity index (χ2n) is 7.63. The van der Waals surface area contributed by atoms with Gasteiger partial charge >= 0.3 is 6.03 Å². The van der Waals surface area contributed by atoms with Crippen molar-refractivity contribution in [1.82, 2.24) is 10.6 Å². The van der Waals surface area contributed by atoms with Crippen LogP contribution in [0.2, 0.25) is 0 Å². The van der Waals surface area contributed by atoms with Crippen LogP contribution in [0.1, 0.15) is 53.4 Å². The molecule has 2 saturated heterocycles. The summed E-state index contributed by atoms with van der Waals surface area (Å²) in [5.41, 5.74) is 0.114. The minimum atomic E-state index is -0.0816. The van der Waals surface area contributed by atoms with E-state index in [9.17, 15) is 4.79 Å². The van der Waals surface area contributed by atoms with E-state index >= 15 is 0 Å². The van der Waals surface area contributed by atoms with Crippen LogP contribution in [0, 0.1) is 11.3 Å². The van der Waals surface area contributed by atoms with Crippen LogP contribution in [-0.4, -0.2) is 44.0 Å². The van der Waals surface area contributed by atoms with Crippen LogP contribution >= 0.6 is 0 Å². The van der Waals surface area contributed by atoms with Gasteiger partial charge in [-0.15, -0.1) is 0 Å².